The molecule has 2 rings (SSSR count). The first-order valence-corrected chi connectivity index (χ1v) is 7.37. The van der Waals surface area contributed by atoms with Gasteiger partial charge in [-0.1, -0.05) is 44.2 Å². The van der Waals surface area contributed by atoms with Crippen LogP contribution in [0.3, 0.4) is 0 Å². The molecule has 0 bridgehead atoms. The summed E-state index contributed by atoms with van der Waals surface area (Å²) in [5.74, 6) is 0.625. The highest BCUT2D eigenvalue weighted by molar-refractivity contribution is 5.99. The van der Waals surface area contributed by atoms with Gasteiger partial charge in [0.25, 0.3) is 5.91 Å². The van der Waals surface area contributed by atoms with Crippen LogP contribution in [0.4, 0.5) is 0 Å². The fraction of sp³-hybridized carbons (Fsp3) is 0.353. The second kappa shape index (κ2) is 6.97. The zero-order valence-electron chi connectivity index (χ0n) is 12.8. The molecule has 1 amide bonds. The van der Waals surface area contributed by atoms with Crippen LogP contribution in [0.1, 0.15) is 43.4 Å². The molecule has 0 saturated carbocycles. The molecule has 0 aliphatic carbocycles. The molecule has 0 fully saturated rings. The van der Waals surface area contributed by atoms with Gasteiger partial charge >= 0.3 is 0 Å². The Labute approximate surface area is 125 Å². The van der Waals surface area contributed by atoms with E-state index in [1.165, 1.54) is 0 Å². The second-order valence-electron chi connectivity index (χ2n) is 5.05. The number of carbonyl (C=O) groups is 1. The largest absolute Gasteiger partial charge is 0.349 e. The summed E-state index contributed by atoms with van der Waals surface area (Å²) in [5, 5.41) is 2.97. The fourth-order valence-corrected chi connectivity index (χ4v) is 1.97. The highest BCUT2D eigenvalue weighted by atomic mass is 16.1. The predicted molar refractivity (Wildman–Crippen MR) is 84.1 cm³/mol. The molecule has 1 N–H and O–H groups in total. The van der Waals surface area contributed by atoms with Crippen molar-refractivity contribution in [3.8, 4) is 11.3 Å². The van der Waals surface area contributed by atoms with Crippen LogP contribution in [0.15, 0.2) is 36.5 Å². The molecule has 4 heteroatoms. The minimum atomic E-state index is -0.120. The number of amides is 1. The van der Waals surface area contributed by atoms with Crippen LogP contribution in [-0.2, 0) is 6.42 Å². The Morgan fingerprint density at radius 3 is 2.57 bits per heavy atom. The Morgan fingerprint density at radius 2 is 1.95 bits per heavy atom. The molecule has 0 spiro atoms. The molecule has 1 heterocycles. The molecular weight excluding hydrogens is 262 g/mol. The molecule has 21 heavy (non-hydrogen) atoms. The van der Waals surface area contributed by atoms with Crippen molar-refractivity contribution in [2.24, 2.45) is 0 Å². The summed E-state index contributed by atoms with van der Waals surface area (Å²) in [4.78, 5) is 21.2. The van der Waals surface area contributed by atoms with Crippen molar-refractivity contribution < 1.29 is 4.79 Å². The third-order valence-corrected chi connectivity index (χ3v) is 3.44. The molecule has 0 unspecified atom stereocenters. The third kappa shape index (κ3) is 3.66. The molecule has 0 radical (unpaired) electrons. The first-order chi connectivity index (χ1) is 10.2. The van der Waals surface area contributed by atoms with E-state index in [4.69, 9.17) is 0 Å². The number of nitrogens with zero attached hydrogens (tertiary/aromatic N) is 2. The smallest absolute Gasteiger partial charge is 0.255 e. The molecule has 0 aliphatic heterocycles. The quantitative estimate of drug-likeness (QED) is 0.916. The van der Waals surface area contributed by atoms with E-state index >= 15 is 0 Å². The lowest BCUT2D eigenvalue weighted by Gasteiger charge is -2.14. The summed E-state index contributed by atoms with van der Waals surface area (Å²) in [6.45, 7) is 6.03. The zero-order chi connectivity index (χ0) is 15.2. The number of nitrogens with one attached hydrogen (secondary N) is 1. The lowest BCUT2D eigenvalue weighted by atomic mass is 10.1. The van der Waals surface area contributed by atoms with Gasteiger partial charge in [0.1, 0.15) is 5.82 Å². The number of hydrogen-bond donors (Lipinski definition) is 1. The Kier molecular flexibility index (Phi) is 5.04. The molecule has 110 valence electrons. The summed E-state index contributed by atoms with van der Waals surface area (Å²) < 4.78 is 0. The van der Waals surface area contributed by atoms with Crippen LogP contribution in [0.25, 0.3) is 11.3 Å². The number of rotatable bonds is 5. The maximum absolute atomic E-state index is 12.4. The summed E-state index contributed by atoms with van der Waals surface area (Å²) >= 11 is 0. The highest BCUT2D eigenvalue weighted by Crippen LogP contribution is 2.21. The molecule has 1 atom stereocenters. The van der Waals surface area contributed by atoms with Gasteiger partial charge in [-0.15, -0.1) is 0 Å². The van der Waals surface area contributed by atoms with Gasteiger partial charge in [0.05, 0.1) is 11.3 Å². The van der Waals surface area contributed by atoms with Crippen LogP contribution >= 0.6 is 0 Å². The number of aryl methyl sites for hydroxylation is 1. The van der Waals surface area contributed by atoms with Gasteiger partial charge in [-0.05, 0) is 13.3 Å². The van der Waals surface area contributed by atoms with E-state index in [0.29, 0.717) is 11.3 Å². The average molecular weight is 283 g/mol. The first kappa shape index (κ1) is 15.2. The normalized spacial score (nSPS) is 12.0. The number of carbonyl (C=O) groups excluding carboxylic acids is 1. The van der Waals surface area contributed by atoms with Crippen molar-refractivity contribution in [1.29, 1.82) is 0 Å². The minimum Gasteiger partial charge on any atom is -0.349 e. The molecule has 0 saturated heterocycles. The summed E-state index contributed by atoms with van der Waals surface area (Å²) in [7, 11) is 0. The Morgan fingerprint density at radius 1 is 1.24 bits per heavy atom. The fourth-order valence-electron chi connectivity index (χ4n) is 1.97. The van der Waals surface area contributed by atoms with Crippen LogP contribution < -0.4 is 5.32 Å². The second-order valence-corrected chi connectivity index (χ2v) is 5.05. The van der Waals surface area contributed by atoms with E-state index in [2.05, 4.69) is 15.3 Å². The van der Waals surface area contributed by atoms with E-state index < -0.39 is 0 Å². The molecule has 4 nitrogen and oxygen atoms in total. The topological polar surface area (TPSA) is 54.9 Å². The Hall–Kier alpha value is -2.23. The van der Waals surface area contributed by atoms with Crippen LogP contribution in [-0.4, -0.2) is 21.9 Å². The van der Waals surface area contributed by atoms with Gasteiger partial charge in [-0.25, -0.2) is 9.97 Å². The maximum Gasteiger partial charge on any atom is 0.255 e. The van der Waals surface area contributed by atoms with Crippen molar-refractivity contribution in [2.75, 3.05) is 0 Å². The minimum absolute atomic E-state index is 0.120. The summed E-state index contributed by atoms with van der Waals surface area (Å²) in [5.41, 5.74) is 2.16. The van der Waals surface area contributed by atoms with Gasteiger partial charge in [0.2, 0.25) is 0 Å². The van der Waals surface area contributed by atoms with E-state index in [9.17, 15) is 4.79 Å². The number of aromatic nitrogens is 2. The van der Waals surface area contributed by atoms with Crippen LogP contribution in [0.2, 0.25) is 0 Å². The number of hydrogen-bond acceptors (Lipinski definition) is 3. The summed E-state index contributed by atoms with van der Waals surface area (Å²) in [6.07, 6.45) is 3.26. The Bertz CT molecular complexity index is 611. The standard InChI is InChI=1S/C17H21N3O/c1-4-12(3)19-17(21)14-11-18-15(5-2)20-16(14)13-9-7-6-8-10-13/h6-12H,4-5H2,1-3H3,(H,19,21)/t12-/m0/s1. The van der Waals surface area contributed by atoms with Crippen molar-refractivity contribution in [3.05, 3.63) is 47.9 Å². The molecule has 2 aromatic rings. The zero-order valence-corrected chi connectivity index (χ0v) is 12.8. The molecule has 1 aromatic heterocycles. The first-order valence-electron chi connectivity index (χ1n) is 7.37. The van der Waals surface area contributed by atoms with Gasteiger partial charge < -0.3 is 5.32 Å². The van der Waals surface area contributed by atoms with Gasteiger partial charge in [0.15, 0.2) is 0 Å². The van der Waals surface area contributed by atoms with E-state index in [-0.39, 0.29) is 11.9 Å². The lowest BCUT2D eigenvalue weighted by Crippen LogP contribution is -2.32. The van der Waals surface area contributed by atoms with Gasteiger partial charge in [0, 0.05) is 24.2 Å². The highest BCUT2D eigenvalue weighted by Gasteiger charge is 2.17. The van der Waals surface area contributed by atoms with Crippen LogP contribution in [0, 0.1) is 0 Å². The molecule has 1 aromatic carbocycles. The molecular formula is C17H21N3O. The van der Waals surface area contributed by atoms with Gasteiger partial charge in [-0.3, -0.25) is 4.79 Å². The lowest BCUT2D eigenvalue weighted by molar-refractivity contribution is 0.0939. The Balaban J connectivity index is 2.43. The van der Waals surface area contributed by atoms with Crippen molar-refractivity contribution >= 4 is 5.91 Å². The number of benzene rings is 1. The SMILES string of the molecule is CCc1ncc(C(=O)N[C@@H](C)CC)c(-c2ccccc2)n1. The van der Waals surface area contributed by atoms with Crippen LogP contribution in [0.5, 0.6) is 0 Å². The van der Waals surface area contributed by atoms with Crippen molar-refractivity contribution in [2.45, 2.75) is 39.7 Å². The van der Waals surface area contributed by atoms with E-state index in [1.54, 1.807) is 6.20 Å². The summed E-state index contributed by atoms with van der Waals surface area (Å²) in [6, 6.07) is 9.89. The van der Waals surface area contributed by atoms with Gasteiger partial charge in [-0.2, -0.15) is 0 Å². The molecule has 0 aliphatic rings. The maximum atomic E-state index is 12.4. The monoisotopic (exact) mass is 283 g/mol. The third-order valence-electron chi connectivity index (χ3n) is 3.44. The van der Waals surface area contributed by atoms with E-state index in [1.807, 2.05) is 51.1 Å². The van der Waals surface area contributed by atoms with Crippen molar-refractivity contribution in [3.63, 3.8) is 0 Å². The predicted octanol–water partition coefficient (Wildman–Crippen LogP) is 3.23. The average Bonchev–Trinajstić information content (AvgIpc) is 2.54. The van der Waals surface area contributed by atoms with Crippen molar-refractivity contribution in [1.82, 2.24) is 15.3 Å². The van der Waals surface area contributed by atoms with E-state index in [0.717, 1.165) is 24.2 Å².